The average molecular weight is 316 g/mol. The molecule has 0 spiro atoms. The van der Waals surface area contributed by atoms with Gasteiger partial charge in [-0.2, -0.15) is 5.26 Å². The van der Waals surface area contributed by atoms with Crippen LogP contribution < -0.4 is 5.32 Å². The van der Waals surface area contributed by atoms with Gasteiger partial charge in [-0.25, -0.2) is 0 Å². The quantitative estimate of drug-likeness (QED) is 0.590. The number of carbonyl (C=O) groups is 1. The minimum absolute atomic E-state index is 0.139. The number of benzene rings is 1. The Morgan fingerprint density at radius 3 is 2.58 bits per heavy atom. The van der Waals surface area contributed by atoms with Gasteiger partial charge in [-0.1, -0.05) is 11.6 Å². The smallest absolute Gasteiger partial charge is 0.266 e. The Bertz CT molecular complexity index is 974. The van der Waals surface area contributed by atoms with Gasteiger partial charge in [0, 0.05) is 29.7 Å². The Labute approximate surface area is 139 Å². The van der Waals surface area contributed by atoms with Crippen LogP contribution in [0.15, 0.2) is 66.1 Å². The van der Waals surface area contributed by atoms with E-state index in [1.54, 1.807) is 26.2 Å². The van der Waals surface area contributed by atoms with E-state index in [1.807, 2.05) is 53.2 Å². The van der Waals surface area contributed by atoms with Crippen molar-refractivity contribution < 1.29 is 4.79 Å². The number of aromatic nitrogens is 2. The molecule has 2 heterocycles. The fraction of sp³-hybridized carbons (Fsp3) is 0.105. The van der Waals surface area contributed by atoms with Gasteiger partial charge in [0.1, 0.15) is 11.6 Å². The van der Waals surface area contributed by atoms with Crippen molar-refractivity contribution in [1.29, 1.82) is 5.26 Å². The molecule has 1 amide bonds. The van der Waals surface area contributed by atoms with Crippen LogP contribution in [0.25, 0.3) is 16.6 Å². The molecule has 3 aromatic rings. The molecule has 118 valence electrons. The highest BCUT2D eigenvalue weighted by molar-refractivity contribution is 6.10. The van der Waals surface area contributed by atoms with Gasteiger partial charge in [0.15, 0.2) is 0 Å². The summed E-state index contributed by atoms with van der Waals surface area (Å²) in [6.45, 7) is 3.50. The van der Waals surface area contributed by atoms with Crippen LogP contribution in [0.4, 0.5) is 5.69 Å². The molecule has 0 fully saturated rings. The number of carbonyl (C=O) groups excluding carboxylic acids is 1. The summed E-state index contributed by atoms with van der Waals surface area (Å²) in [7, 11) is 0. The minimum Gasteiger partial charge on any atom is -0.321 e. The van der Waals surface area contributed by atoms with Crippen molar-refractivity contribution in [2.75, 3.05) is 5.32 Å². The molecule has 0 bridgehead atoms. The number of nitrogens with one attached hydrogen (secondary N) is 1. The third kappa shape index (κ3) is 2.77. The predicted molar refractivity (Wildman–Crippen MR) is 93.7 cm³/mol. The van der Waals surface area contributed by atoms with Crippen LogP contribution in [0, 0.1) is 11.3 Å². The lowest BCUT2D eigenvalue weighted by molar-refractivity contribution is -0.112. The molecule has 0 aliphatic rings. The van der Waals surface area contributed by atoms with E-state index in [0.717, 1.165) is 16.6 Å². The van der Waals surface area contributed by atoms with Crippen LogP contribution in [0.5, 0.6) is 0 Å². The second-order valence-corrected chi connectivity index (χ2v) is 5.57. The third-order valence-corrected chi connectivity index (χ3v) is 3.76. The summed E-state index contributed by atoms with van der Waals surface area (Å²) < 4.78 is 2.03. The Kier molecular flexibility index (Phi) is 4.13. The lowest BCUT2D eigenvalue weighted by atomic mass is 10.1. The molecular weight excluding hydrogens is 300 g/mol. The third-order valence-electron chi connectivity index (χ3n) is 3.76. The zero-order valence-corrected chi connectivity index (χ0v) is 13.4. The fourth-order valence-corrected chi connectivity index (χ4v) is 2.58. The average Bonchev–Trinajstić information content (AvgIpc) is 3.01. The zero-order chi connectivity index (χ0) is 17.1. The number of nitrogens with zero attached hydrogens (tertiary/aromatic N) is 3. The SMILES string of the molecule is CC(C)=C(C#N)C(=O)Nc1cccc2c1ccn2-c1ccncc1. The molecule has 0 aliphatic heterocycles. The molecule has 0 aliphatic carbocycles. The van der Waals surface area contributed by atoms with Crippen molar-refractivity contribution in [3.63, 3.8) is 0 Å². The summed E-state index contributed by atoms with van der Waals surface area (Å²) in [5, 5.41) is 12.9. The largest absolute Gasteiger partial charge is 0.321 e. The molecule has 0 radical (unpaired) electrons. The van der Waals surface area contributed by atoms with Crippen LogP contribution in [0.3, 0.4) is 0 Å². The lowest BCUT2D eigenvalue weighted by Crippen LogP contribution is -2.14. The molecule has 2 aromatic heterocycles. The van der Waals surface area contributed by atoms with E-state index < -0.39 is 0 Å². The van der Waals surface area contributed by atoms with Crippen molar-refractivity contribution >= 4 is 22.5 Å². The summed E-state index contributed by atoms with van der Waals surface area (Å²) >= 11 is 0. The number of hydrogen-bond donors (Lipinski definition) is 1. The maximum absolute atomic E-state index is 12.3. The Hall–Kier alpha value is -3.39. The molecular formula is C19H16N4O. The highest BCUT2D eigenvalue weighted by atomic mass is 16.1. The van der Waals surface area contributed by atoms with Crippen LogP contribution in [-0.4, -0.2) is 15.5 Å². The highest BCUT2D eigenvalue weighted by Gasteiger charge is 2.13. The summed E-state index contributed by atoms with van der Waals surface area (Å²) in [5.74, 6) is -0.387. The number of nitriles is 1. The summed E-state index contributed by atoms with van der Waals surface area (Å²) in [4.78, 5) is 16.3. The molecule has 1 N–H and O–H groups in total. The van der Waals surface area contributed by atoms with E-state index in [1.165, 1.54) is 0 Å². The summed E-state index contributed by atoms with van der Waals surface area (Å²) in [6, 6.07) is 13.4. The first kappa shape index (κ1) is 15.5. The standard InChI is InChI=1S/C19H16N4O/c1-13(2)16(12-20)19(24)22-17-4-3-5-18-15(17)8-11-23(18)14-6-9-21-10-7-14/h3-11H,1-2H3,(H,22,24). The van der Waals surface area contributed by atoms with E-state index in [4.69, 9.17) is 5.26 Å². The number of pyridine rings is 1. The Morgan fingerprint density at radius 2 is 1.92 bits per heavy atom. The first-order chi connectivity index (χ1) is 11.6. The van der Waals surface area contributed by atoms with Crippen LogP contribution in [-0.2, 0) is 4.79 Å². The second-order valence-electron chi connectivity index (χ2n) is 5.57. The minimum atomic E-state index is -0.387. The van der Waals surface area contributed by atoms with Gasteiger partial charge < -0.3 is 9.88 Å². The maximum Gasteiger partial charge on any atom is 0.266 e. The molecule has 5 nitrogen and oxygen atoms in total. The van der Waals surface area contributed by atoms with Crippen molar-refractivity contribution in [3.05, 3.63) is 66.1 Å². The molecule has 0 saturated carbocycles. The van der Waals surface area contributed by atoms with Crippen molar-refractivity contribution in [3.8, 4) is 11.8 Å². The molecule has 1 aromatic carbocycles. The molecule has 3 rings (SSSR count). The van der Waals surface area contributed by atoms with Crippen LogP contribution in [0.1, 0.15) is 13.8 Å². The normalized spacial score (nSPS) is 10.2. The molecule has 0 saturated heterocycles. The van der Waals surface area contributed by atoms with Gasteiger partial charge in [0.05, 0.1) is 11.2 Å². The van der Waals surface area contributed by atoms with Gasteiger partial charge in [-0.3, -0.25) is 9.78 Å². The number of rotatable bonds is 3. The maximum atomic E-state index is 12.3. The molecule has 0 atom stereocenters. The molecule has 24 heavy (non-hydrogen) atoms. The van der Waals surface area contributed by atoms with Crippen molar-refractivity contribution in [2.45, 2.75) is 13.8 Å². The Morgan fingerprint density at radius 1 is 1.17 bits per heavy atom. The number of allylic oxidation sites excluding steroid dienone is 1. The molecule has 5 heteroatoms. The second kappa shape index (κ2) is 6.39. The topological polar surface area (TPSA) is 70.7 Å². The van der Waals surface area contributed by atoms with Gasteiger partial charge >= 0.3 is 0 Å². The first-order valence-electron chi connectivity index (χ1n) is 7.51. The van der Waals surface area contributed by atoms with Crippen LogP contribution >= 0.6 is 0 Å². The van der Waals surface area contributed by atoms with E-state index in [0.29, 0.717) is 11.3 Å². The monoisotopic (exact) mass is 316 g/mol. The van der Waals surface area contributed by atoms with E-state index in [-0.39, 0.29) is 11.5 Å². The first-order valence-corrected chi connectivity index (χ1v) is 7.51. The number of amides is 1. The van der Waals surface area contributed by atoms with Gasteiger partial charge in [0.2, 0.25) is 0 Å². The van der Waals surface area contributed by atoms with Crippen molar-refractivity contribution in [1.82, 2.24) is 9.55 Å². The zero-order valence-electron chi connectivity index (χ0n) is 13.4. The fourth-order valence-electron chi connectivity index (χ4n) is 2.58. The summed E-state index contributed by atoms with van der Waals surface area (Å²) in [6.07, 6.45) is 5.42. The van der Waals surface area contributed by atoms with Crippen LogP contribution in [0.2, 0.25) is 0 Å². The number of fused-ring (bicyclic) bond motifs is 1. The van der Waals surface area contributed by atoms with E-state index in [2.05, 4.69) is 10.3 Å². The number of anilines is 1. The highest BCUT2D eigenvalue weighted by Crippen LogP contribution is 2.27. The van der Waals surface area contributed by atoms with Crippen molar-refractivity contribution in [2.24, 2.45) is 0 Å². The van der Waals surface area contributed by atoms with Gasteiger partial charge in [-0.05, 0) is 44.2 Å². The van der Waals surface area contributed by atoms with Gasteiger partial charge in [0.25, 0.3) is 5.91 Å². The summed E-state index contributed by atoms with van der Waals surface area (Å²) in [5.41, 5.74) is 3.47. The number of hydrogen-bond acceptors (Lipinski definition) is 3. The predicted octanol–water partition coefficient (Wildman–Crippen LogP) is 3.82. The Balaban J connectivity index is 2.03. The van der Waals surface area contributed by atoms with E-state index >= 15 is 0 Å². The molecule has 0 unspecified atom stereocenters. The van der Waals surface area contributed by atoms with E-state index in [9.17, 15) is 4.79 Å². The lowest BCUT2D eigenvalue weighted by Gasteiger charge is -2.09. The van der Waals surface area contributed by atoms with Gasteiger partial charge in [-0.15, -0.1) is 0 Å².